The van der Waals surface area contributed by atoms with Crippen LogP contribution in [0, 0.1) is 0 Å². The molecule has 1 atom stereocenters. The van der Waals surface area contributed by atoms with Crippen molar-refractivity contribution in [3.63, 3.8) is 0 Å². The average molecular weight is 473 g/mol. The van der Waals surface area contributed by atoms with E-state index >= 15 is 0 Å². The summed E-state index contributed by atoms with van der Waals surface area (Å²) in [7, 11) is 0. The zero-order valence-corrected chi connectivity index (χ0v) is 19.6. The molecule has 0 aromatic heterocycles. The molecule has 3 rings (SSSR count). The maximum atomic E-state index is 13.2. The van der Waals surface area contributed by atoms with Gasteiger partial charge in [0.1, 0.15) is 11.8 Å². The second-order valence-electron chi connectivity index (χ2n) is 7.45. The van der Waals surface area contributed by atoms with Gasteiger partial charge in [0, 0.05) is 34.1 Å². The van der Waals surface area contributed by atoms with E-state index in [1.165, 1.54) is 4.90 Å². The summed E-state index contributed by atoms with van der Waals surface area (Å²) in [5.74, 6) is 0.0249. The lowest BCUT2D eigenvalue weighted by molar-refractivity contribution is -0.142. The fourth-order valence-electron chi connectivity index (χ4n) is 3.38. The first-order valence-electron chi connectivity index (χ1n) is 10.5. The first-order chi connectivity index (χ1) is 15.4. The molecule has 0 heterocycles. The number of carbonyl (C=O) groups is 2. The van der Waals surface area contributed by atoms with Crippen molar-refractivity contribution in [1.82, 2.24) is 10.2 Å². The first kappa shape index (κ1) is 23.9. The Morgan fingerprint density at radius 3 is 2.38 bits per heavy atom. The van der Waals surface area contributed by atoms with Crippen LogP contribution in [0.25, 0.3) is 10.8 Å². The smallest absolute Gasteiger partial charge is 0.261 e. The Morgan fingerprint density at radius 1 is 1.00 bits per heavy atom. The molecule has 168 valence electrons. The molecule has 0 aliphatic heterocycles. The van der Waals surface area contributed by atoms with Gasteiger partial charge in [-0.05, 0) is 36.9 Å². The van der Waals surface area contributed by atoms with Gasteiger partial charge in [0.15, 0.2) is 6.61 Å². The lowest BCUT2D eigenvalue weighted by atomic mass is 10.1. The highest BCUT2D eigenvalue weighted by atomic mass is 35.5. The number of hydrogen-bond acceptors (Lipinski definition) is 3. The molecular weight excluding hydrogens is 447 g/mol. The highest BCUT2D eigenvalue weighted by Gasteiger charge is 2.27. The van der Waals surface area contributed by atoms with Crippen molar-refractivity contribution in [2.45, 2.75) is 32.9 Å². The Bertz CT molecular complexity index is 1080. The first-order valence-corrected chi connectivity index (χ1v) is 11.3. The zero-order chi connectivity index (χ0) is 23.1. The second kappa shape index (κ2) is 11.2. The average Bonchev–Trinajstić information content (AvgIpc) is 2.80. The summed E-state index contributed by atoms with van der Waals surface area (Å²) < 4.78 is 5.88. The summed E-state index contributed by atoms with van der Waals surface area (Å²) in [6.07, 6.45) is 0.799. The van der Waals surface area contributed by atoms with Gasteiger partial charge >= 0.3 is 0 Å². The summed E-state index contributed by atoms with van der Waals surface area (Å²) in [5, 5.41) is 5.65. The van der Waals surface area contributed by atoms with E-state index in [9.17, 15) is 9.59 Å². The number of amides is 2. The van der Waals surface area contributed by atoms with E-state index in [4.69, 9.17) is 27.9 Å². The Labute approximate surface area is 198 Å². The summed E-state index contributed by atoms with van der Waals surface area (Å²) in [6, 6.07) is 17.9. The minimum atomic E-state index is -0.725. The molecule has 3 aromatic rings. The van der Waals surface area contributed by atoms with E-state index in [0.29, 0.717) is 27.9 Å². The van der Waals surface area contributed by atoms with Gasteiger partial charge in [-0.15, -0.1) is 0 Å². The highest BCUT2D eigenvalue weighted by molar-refractivity contribution is 6.36. The number of nitrogens with one attached hydrogen (secondary N) is 1. The molecule has 0 bridgehead atoms. The standard InChI is InChI=1S/C25H26Cl2N2O3/c1-3-14-28-25(31)17(2)29(15-20-21(26)11-7-12-22(20)27)24(30)16-32-23-13-6-9-18-8-4-5-10-19(18)23/h4-13,17H,3,14-16H2,1-2H3,(H,28,31)/t17-/m1/s1. The van der Waals surface area contributed by atoms with Gasteiger partial charge in [0.05, 0.1) is 0 Å². The lowest BCUT2D eigenvalue weighted by Gasteiger charge is -2.29. The predicted molar refractivity (Wildman–Crippen MR) is 129 cm³/mol. The van der Waals surface area contributed by atoms with Crippen LogP contribution in [0.1, 0.15) is 25.8 Å². The van der Waals surface area contributed by atoms with Crippen molar-refractivity contribution < 1.29 is 14.3 Å². The lowest BCUT2D eigenvalue weighted by Crippen LogP contribution is -2.49. The summed E-state index contributed by atoms with van der Waals surface area (Å²) >= 11 is 12.7. The molecule has 0 aliphatic rings. The van der Waals surface area contributed by atoms with Crippen LogP contribution in [-0.2, 0) is 16.1 Å². The number of halogens is 2. The molecule has 5 nitrogen and oxygen atoms in total. The van der Waals surface area contributed by atoms with E-state index in [1.807, 2.05) is 49.4 Å². The molecule has 0 fully saturated rings. The number of rotatable bonds is 9. The third-order valence-electron chi connectivity index (χ3n) is 5.21. The van der Waals surface area contributed by atoms with E-state index in [2.05, 4.69) is 5.32 Å². The predicted octanol–water partition coefficient (Wildman–Crippen LogP) is 5.47. The van der Waals surface area contributed by atoms with E-state index < -0.39 is 6.04 Å². The normalized spacial score (nSPS) is 11.8. The van der Waals surface area contributed by atoms with Crippen LogP contribution in [0.3, 0.4) is 0 Å². The van der Waals surface area contributed by atoms with Crippen LogP contribution in [0.2, 0.25) is 10.0 Å². The topological polar surface area (TPSA) is 58.6 Å². The second-order valence-corrected chi connectivity index (χ2v) is 8.27. The molecule has 0 radical (unpaired) electrons. The molecule has 1 N–H and O–H groups in total. The molecule has 0 spiro atoms. The van der Waals surface area contributed by atoms with E-state index in [1.54, 1.807) is 25.1 Å². The third-order valence-corrected chi connectivity index (χ3v) is 5.92. The van der Waals surface area contributed by atoms with Crippen LogP contribution >= 0.6 is 23.2 Å². The molecule has 32 heavy (non-hydrogen) atoms. The Balaban J connectivity index is 1.82. The van der Waals surface area contributed by atoms with Crippen molar-refractivity contribution in [2.24, 2.45) is 0 Å². The molecule has 2 amide bonds. The SMILES string of the molecule is CCCNC(=O)[C@@H](C)N(Cc1c(Cl)cccc1Cl)C(=O)COc1cccc2ccccc12. The fraction of sp³-hybridized carbons (Fsp3) is 0.280. The number of fused-ring (bicyclic) bond motifs is 1. The Morgan fingerprint density at radius 2 is 1.66 bits per heavy atom. The van der Waals surface area contributed by atoms with Gasteiger partial charge in [-0.25, -0.2) is 0 Å². The summed E-state index contributed by atoms with van der Waals surface area (Å²) in [6.45, 7) is 4.06. The largest absolute Gasteiger partial charge is 0.483 e. The van der Waals surface area contributed by atoms with Gasteiger partial charge in [-0.1, -0.05) is 72.6 Å². The summed E-state index contributed by atoms with van der Waals surface area (Å²) in [4.78, 5) is 27.3. The molecule has 0 aliphatic carbocycles. The molecule has 0 saturated carbocycles. The number of carbonyl (C=O) groups excluding carboxylic acids is 2. The Hall–Kier alpha value is -2.76. The molecular formula is C25H26Cl2N2O3. The van der Waals surface area contributed by atoms with Crippen LogP contribution in [0.15, 0.2) is 60.7 Å². The highest BCUT2D eigenvalue weighted by Crippen LogP contribution is 2.28. The van der Waals surface area contributed by atoms with Gasteiger partial charge in [-0.2, -0.15) is 0 Å². The molecule has 0 saturated heterocycles. The van der Waals surface area contributed by atoms with E-state index in [-0.39, 0.29) is 25.0 Å². The maximum Gasteiger partial charge on any atom is 0.261 e. The minimum Gasteiger partial charge on any atom is -0.483 e. The third kappa shape index (κ3) is 5.72. The van der Waals surface area contributed by atoms with Gasteiger partial charge in [0.2, 0.25) is 5.91 Å². The number of benzene rings is 3. The van der Waals surface area contributed by atoms with Gasteiger partial charge in [0.25, 0.3) is 5.91 Å². The van der Waals surface area contributed by atoms with Crippen molar-refractivity contribution in [3.8, 4) is 5.75 Å². The maximum absolute atomic E-state index is 13.2. The van der Waals surface area contributed by atoms with Crippen LogP contribution in [-0.4, -0.2) is 35.9 Å². The van der Waals surface area contributed by atoms with Crippen LogP contribution in [0.5, 0.6) is 5.75 Å². The molecule has 0 unspecified atom stereocenters. The minimum absolute atomic E-state index is 0.0942. The molecule has 3 aromatic carbocycles. The number of nitrogens with zero attached hydrogens (tertiary/aromatic N) is 1. The monoisotopic (exact) mass is 472 g/mol. The Kier molecular flexibility index (Phi) is 8.37. The quantitative estimate of drug-likeness (QED) is 0.449. The van der Waals surface area contributed by atoms with Crippen molar-refractivity contribution in [2.75, 3.05) is 13.2 Å². The number of hydrogen-bond donors (Lipinski definition) is 1. The van der Waals surface area contributed by atoms with Gasteiger partial charge in [-0.3, -0.25) is 9.59 Å². The van der Waals surface area contributed by atoms with Crippen molar-refractivity contribution >= 4 is 45.8 Å². The fourth-order valence-corrected chi connectivity index (χ4v) is 3.89. The van der Waals surface area contributed by atoms with Gasteiger partial charge < -0.3 is 15.0 Å². The van der Waals surface area contributed by atoms with Crippen molar-refractivity contribution in [3.05, 3.63) is 76.3 Å². The van der Waals surface area contributed by atoms with E-state index in [0.717, 1.165) is 17.2 Å². The number of ether oxygens (including phenoxy) is 1. The summed E-state index contributed by atoms with van der Waals surface area (Å²) in [5.41, 5.74) is 0.587. The van der Waals surface area contributed by atoms with Crippen LogP contribution < -0.4 is 10.1 Å². The van der Waals surface area contributed by atoms with Crippen molar-refractivity contribution in [1.29, 1.82) is 0 Å². The van der Waals surface area contributed by atoms with Crippen LogP contribution in [0.4, 0.5) is 0 Å². The molecule has 7 heteroatoms. The zero-order valence-electron chi connectivity index (χ0n) is 18.1.